The number of halogens is 4. The van der Waals surface area contributed by atoms with Crippen LogP contribution in [-0.2, 0) is 11.0 Å². The van der Waals surface area contributed by atoms with Crippen molar-refractivity contribution in [2.24, 2.45) is 0 Å². The zero-order valence-electron chi connectivity index (χ0n) is 20.4. The summed E-state index contributed by atoms with van der Waals surface area (Å²) in [5.41, 5.74) is 1.42. The van der Waals surface area contributed by atoms with Gasteiger partial charge >= 0.3 is 6.18 Å². The number of carbonyl (C=O) groups excluding carboxylic acids is 1. The summed E-state index contributed by atoms with van der Waals surface area (Å²) in [6.07, 6.45) is -1.07. The molecule has 0 saturated carbocycles. The van der Waals surface area contributed by atoms with E-state index < -0.39 is 29.6 Å². The smallest absolute Gasteiger partial charge is 0.352 e. The van der Waals surface area contributed by atoms with E-state index in [1.807, 2.05) is 23.1 Å². The van der Waals surface area contributed by atoms with Gasteiger partial charge in [-0.15, -0.1) is 0 Å². The highest BCUT2D eigenvalue weighted by molar-refractivity contribution is 7.80. The van der Waals surface area contributed by atoms with E-state index in [0.29, 0.717) is 27.9 Å². The molecule has 3 heterocycles. The highest BCUT2D eigenvalue weighted by atomic mass is 32.1. The van der Waals surface area contributed by atoms with Gasteiger partial charge in [-0.1, -0.05) is 12.1 Å². The minimum atomic E-state index is -4.49. The minimum absolute atomic E-state index is 0.0644. The summed E-state index contributed by atoms with van der Waals surface area (Å²) in [6.45, 7) is 0.223. The lowest BCUT2D eigenvalue weighted by atomic mass is 10.0. The average Bonchev–Trinajstić information content (AvgIpc) is 3.53. The van der Waals surface area contributed by atoms with E-state index in [9.17, 15) is 22.4 Å². The normalized spacial score (nSPS) is 17.2. The van der Waals surface area contributed by atoms with E-state index in [-0.39, 0.29) is 18.9 Å². The van der Waals surface area contributed by atoms with E-state index in [1.165, 1.54) is 30.3 Å². The van der Waals surface area contributed by atoms with Crippen LogP contribution in [0.3, 0.4) is 0 Å². The van der Waals surface area contributed by atoms with Crippen LogP contribution in [0.15, 0.2) is 91.3 Å². The van der Waals surface area contributed by atoms with Gasteiger partial charge in [0, 0.05) is 42.4 Å². The predicted octanol–water partition coefficient (Wildman–Crippen LogP) is 6.03. The van der Waals surface area contributed by atoms with E-state index in [4.69, 9.17) is 12.2 Å². The summed E-state index contributed by atoms with van der Waals surface area (Å²) < 4.78 is 55.2. The molecule has 0 aliphatic carbocycles. The number of aromatic nitrogens is 2. The second kappa shape index (κ2) is 10.9. The Hall–Kier alpha value is -4.25. The number of rotatable bonds is 7. The van der Waals surface area contributed by atoms with Crippen LogP contribution in [-0.4, -0.2) is 32.0 Å². The van der Waals surface area contributed by atoms with Crippen molar-refractivity contribution < 1.29 is 22.4 Å². The van der Waals surface area contributed by atoms with Crippen molar-refractivity contribution in [1.82, 2.24) is 19.8 Å². The number of nitrogens with zero attached hydrogens (tertiary/aromatic N) is 3. The van der Waals surface area contributed by atoms with Crippen molar-refractivity contribution in [3.05, 3.63) is 114 Å². The third kappa shape index (κ3) is 5.78. The molecule has 0 bridgehead atoms. The van der Waals surface area contributed by atoms with Crippen LogP contribution in [0.5, 0.6) is 0 Å². The summed E-state index contributed by atoms with van der Waals surface area (Å²) in [6, 6.07) is 18.7. The molecule has 1 fully saturated rings. The van der Waals surface area contributed by atoms with Gasteiger partial charge in [0.15, 0.2) is 5.11 Å². The van der Waals surface area contributed by atoms with Crippen molar-refractivity contribution >= 4 is 28.9 Å². The number of hydrogen-bond acceptors (Lipinski definition) is 3. The summed E-state index contributed by atoms with van der Waals surface area (Å²) in [7, 11) is 0. The molecule has 1 saturated heterocycles. The van der Waals surface area contributed by atoms with Crippen LogP contribution >= 0.6 is 12.2 Å². The first-order valence-corrected chi connectivity index (χ1v) is 12.5. The van der Waals surface area contributed by atoms with Crippen LogP contribution in [0.25, 0.3) is 5.69 Å². The zero-order valence-corrected chi connectivity index (χ0v) is 21.2. The highest BCUT2D eigenvalue weighted by Crippen LogP contribution is 2.40. The van der Waals surface area contributed by atoms with E-state index in [0.717, 1.165) is 12.1 Å². The number of pyridine rings is 1. The Labute approximate surface area is 227 Å². The fourth-order valence-electron chi connectivity index (χ4n) is 4.65. The second-order valence-corrected chi connectivity index (χ2v) is 9.36. The lowest BCUT2D eigenvalue weighted by Crippen LogP contribution is -2.33. The van der Waals surface area contributed by atoms with Gasteiger partial charge in [0.1, 0.15) is 5.82 Å². The van der Waals surface area contributed by atoms with Gasteiger partial charge in [0.2, 0.25) is 5.91 Å². The van der Waals surface area contributed by atoms with E-state index in [1.54, 1.807) is 35.2 Å². The number of alkyl halides is 3. The summed E-state index contributed by atoms with van der Waals surface area (Å²) in [5, 5.41) is 6.41. The van der Waals surface area contributed by atoms with Crippen LogP contribution in [0, 0.1) is 5.82 Å². The Kier molecular flexibility index (Phi) is 7.34. The number of thiocarbonyl (C=S) groups is 1. The summed E-state index contributed by atoms with van der Waals surface area (Å²) in [4.78, 5) is 19.0. The molecule has 1 aliphatic rings. The maximum atomic E-state index is 13.5. The molecule has 0 radical (unpaired) electrons. The molecule has 39 heavy (non-hydrogen) atoms. The van der Waals surface area contributed by atoms with Crippen molar-refractivity contribution in [2.75, 3.05) is 11.9 Å². The topological polar surface area (TPSA) is 62.2 Å². The fourth-order valence-corrected chi connectivity index (χ4v) is 4.98. The molecule has 1 aliphatic heterocycles. The SMILES string of the molecule is O=C(CCN1C(=S)N[C@@H](c2ccccn2)[C@H]1c1cccn1-c1cccc(C(F)(F)F)c1)Nc1ccc(F)cc1. The van der Waals surface area contributed by atoms with Crippen LogP contribution in [0.1, 0.15) is 35.5 Å². The molecular formula is C28H23F4N5OS. The predicted molar refractivity (Wildman–Crippen MR) is 143 cm³/mol. The Morgan fingerprint density at radius 3 is 2.54 bits per heavy atom. The molecular weight excluding hydrogens is 530 g/mol. The zero-order chi connectivity index (χ0) is 27.6. The van der Waals surface area contributed by atoms with Crippen molar-refractivity contribution in [2.45, 2.75) is 24.7 Å². The van der Waals surface area contributed by atoms with E-state index in [2.05, 4.69) is 15.6 Å². The fraction of sp³-hybridized carbons (Fsp3) is 0.179. The van der Waals surface area contributed by atoms with Crippen molar-refractivity contribution in [3.63, 3.8) is 0 Å². The van der Waals surface area contributed by atoms with Crippen LogP contribution in [0.2, 0.25) is 0 Å². The monoisotopic (exact) mass is 553 g/mol. The molecule has 2 N–H and O–H groups in total. The van der Waals surface area contributed by atoms with Crippen molar-refractivity contribution in [3.8, 4) is 5.69 Å². The average molecular weight is 554 g/mol. The number of benzene rings is 2. The quantitative estimate of drug-likeness (QED) is 0.216. The molecule has 2 atom stereocenters. The largest absolute Gasteiger partial charge is 0.416 e. The standard InChI is InChI=1S/C28H23F4N5OS/c29-19-9-11-20(12-10-19)34-24(38)13-16-37-26(25(35-27(37)39)22-7-1-2-14-33-22)23-8-4-15-36(23)21-6-3-5-18(17-21)28(30,31)32/h1-12,14-15,17,25-26H,13,16H2,(H,34,38)(H,35,39)/t25-,26+/m0/s1. The highest BCUT2D eigenvalue weighted by Gasteiger charge is 2.41. The minimum Gasteiger partial charge on any atom is -0.352 e. The van der Waals surface area contributed by atoms with Crippen molar-refractivity contribution in [1.29, 1.82) is 0 Å². The molecule has 0 spiro atoms. The third-order valence-electron chi connectivity index (χ3n) is 6.44. The summed E-state index contributed by atoms with van der Waals surface area (Å²) in [5.74, 6) is -0.702. The maximum Gasteiger partial charge on any atom is 0.416 e. The number of amides is 1. The number of hydrogen-bond donors (Lipinski definition) is 2. The molecule has 4 aromatic rings. The van der Waals surface area contributed by atoms with Crippen LogP contribution < -0.4 is 10.6 Å². The van der Waals surface area contributed by atoms with Crippen LogP contribution in [0.4, 0.5) is 23.2 Å². The molecule has 11 heteroatoms. The first kappa shape index (κ1) is 26.4. The molecule has 200 valence electrons. The van der Waals surface area contributed by atoms with Gasteiger partial charge in [-0.05, 0) is 78.9 Å². The Bertz CT molecular complexity index is 1470. The molecule has 0 unspecified atom stereocenters. The second-order valence-electron chi connectivity index (χ2n) is 8.98. The Morgan fingerprint density at radius 2 is 1.82 bits per heavy atom. The first-order valence-electron chi connectivity index (χ1n) is 12.1. The number of nitrogens with one attached hydrogen (secondary N) is 2. The lowest BCUT2D eigenvalue weighted by Gasteiger charge is -2.29. The van der Waals surface area contributed by atoms with E-state index >= 15 is 0 Å². The van der Waals surface area contributed by atoms with Gasteiger partial charge in [-0.2, -0.15) is 13.2 Å². The molecule has 1 amide bonds. The Balaban J connectivity index is 1.46. The molecule has 2 aromatic heterocycles. The third-order valence-corrected chi connectivity index (χ3v) is 6.79. The Morgan fingerprint density at radius 1 is 1.03 bits per heavy atom. The van der Waals surface area contributed by atoms with Gasteiger partial charge in [-0.3, -0.25) is 9.78 Å². The van der Waals surface area contributed by atoms with Gasteiger partial charge in [0.05, 0.1) is 23.3 Å². The first-order chi connectivity index (χ1) is 18.7. The van der Waals surface area contributed by atoms with Gasteiger partial charge in [0.25, 0.3) is 0 Å². The van der Waals surface area contributed by atoms with Gasteiger partial charge < -0.3 is 20.1 Å². The maximum absolute atomic E-state index is 13.5. The molecule has 2 aromatic carbocycles. The number of carbonyl (C=O) groups is 1. The molecule has 5 rings (SSSR count). The summed E-state index contributed by atoms with van der Waals surface area (Å²) >= 11 is 5.65. The number of anilines is 1. The van der Waals surface area contributed by atoms with Gasteiger partial charge in [-0.25, -0.2) is 4.39 Å². The lowest BCUT2D eigenvalue weighted by molar-refractivity contribution is -0.137. The molecule has 6 nitrogen and oxygen atoms in total.